The van der Waals surface area contributed by atoms with Crippen LogP contribution in [0.15, 0.2) is 42.5 Å². The Hall–Kier alpha value is -2.70. The summed E-state index contributed by atoms with van der Waals surface area (Å²) in [6.07, 6.45) is 0. The highest BCUT2D eigenvalue weighted by Gasteiger charge is 2.41. The zero-order valence-corrected chi connectivity index (χ0v) is 15.6. The molecule has 0 atom stereocenters. The van der Waals surface area contributed by atoms with Crippen molar-refractivity contribution in [3.63, 3.8) is 0 Å². The van der Waals surface area contributed by atoms with Gasteiger partial charge in [0.1, 0.15) is 0 Å². The second kappa shape index (κ2) is 6.18. The van der Waals surface area contributed by atoms with Gasteiger partial charge in [0.2, 0.25) is 0 Å². The van der Waals surface area contributed by atoms with E-state index in [1.807, 2.05) is 13.8 Å². The number of imide groups is 1. The maximum atomic E-state index is 12.6. The van der Waals surface area contributed by atoms with Crippen molar-refractivity contribution in [1.29, 1.82) is 0 Å². The van der Waals surface area contributed by atoms with Gasteiger partial charge < -0.3 is 0 Å². The van der Waals surface area contributed by atoms with Crippen molar-refractivity contribution in [3.05, 3.63) is 64.2 Å². The first-order valence-electron chi connectivity index (χ1n) is 8.51. The normalized spacial score (nSPS) is 18.4. The maximum Gasteiger partial charge on any atom is 0.266 e. The first-order chi connectivity index (χ1) is 12.8. The molecule has 2 aliphatic heterocycles. The fourth-order valence-electron chi connectivity index (χ4n) is 3.20. The molecule has 2 heterocycles. The number of amides is 3. The third-order valence-corrected chi connectivity index (χ3v) is 5.14. The Morgan fingerprint density at radius 1 is 1.04 bits per heavy atom. The van der Waals surface area contributed by atoms with Crippen LogP contribution in [0.4, 0.5) is 5.69 Å². The molecule has 7 heteroatoms. The Morgan fingerprint density at radius 3 is 2.19 bits per heavy atom. The van der Waals surface area contributed by atoms with Gasteiger partial charge in [0, 0.05) is 5.02 Å². The quantitative estimate of drug-likeness (QED) is 0.760. The van der Waals surface area contributed by atoms with Crippen LogP contribution in [-0.2, 0) is 16.2 Å². The van der Waals surface area contributed by atoms with Crippen LogP contribution in [0.2, 0.25) is 5.02 Å². The van der Waals surface area contributed by atoms with E-state index in [0.29, 0.717) is 34.0 Å². The van der Waals surface area contributed by atoms with Crippen LogP contribution in [0.25, 0.3) is 0 Å². The summed E-state index contributed by atoms with van der Waals surface area (Å²) < 4.78 is 0. The molecule has 1 fully saturated rings. The molecule has 0 unspecified atom stereocenters. The van der Waals surface area contributed by atoms with E-state index in [9.17, 15) is 14.4 Å². The topological polar surface area (TPSA) is 66.9 Å². The molecule has 0 aliphatic carbocycles. The molecule has 0 spiro atoms. The van der Waals surface area contributed by atoms with Crippen molar-refractivity contribution in [3.8, 4) is 0 Å². The highest BCUT2D eigenvalue weighted by Crippen LogP contribution is 2.33. The lowest BCUT2D eigenvalue weighted by Gasteiger charge is -2.19. The Bertz CT molecular complexity index is 951. The Kier molecular flexibility index (Phi) is 4.05. The molecule has 4 rings (SSSR count). The van der Waals surface area contributed by atoms with Gasteiger partial charge in [-0.2, -0.15) is 0 Å². The van der Waals surface area contributed by atoms with Crippen LogP contribution in [-0.4, -0.2) is 29.4 Å². The summed E-state index contributed by atoms with van der Waals surface area (Å²) in [7, 11) is 0. The van der Waals surface area contributed by atoms with Gasteiger partial charge in [0.25, 0.3) is 17.7 Å². The van der Waals surface area contributed by atoms with Gasteiger partial charge in [-0.25, -0.2) is 9.96 Å². The third-order valence-electron chi connectivity index (χ3n) is 4.79. The number of carbonyl (C=O) groups is 3. The molecule has 0 saturated carbocycles. The van der Waals surface area contributed by atoms with Gasteiger partial charge in [-0.3, -0.25) is 19.2 Å². The number of halogens is 1. The molecule has 2 aromatic rings. The predicted octanol–water partition coefficient (Wildman–Crippen LogP) is 3.44. The second-order valence-electron chi connectivity index (χ2n) is 7.27. The lowest BCUT2D eigenvalue weighted by Crippen LogP contribution is -2.31. The molecule has 3 amide bonds. The molecule has 27 heavy (non-hydrogen) atoms. The molecule has 6 nitrogen and oxygen atoms in total. The van der Waals surface area contributed by atoms with Crippen molar-refractivity contribution < 1.29 is 19.2 Å². The van der Waals surface area contributed by atoms with E-state index in [2.05, 4.69) is 0 Å². The number of hydrogen-bond donors (Lipinski definition) is 0. The minimum absolute atomic E-state index is 0.108. The van der Waals surface area contributed by atoms with Crippen LogP contribution in [0, 0.1) is 5.41 Å². The van der Waals surface area contributed by atoms with Gasteiger partial charge in [0.05, 0.1) is 35.4 Å². The fraction of sp³-hybridized carbons (Fsp3) is 0.250. The number of nitrogens with zero attached hydrogens (tertiary/aromatic N) is 2. The number of rotatable bonds is 3. The van der Waals surface area contributed by atoms with Gasteiger partial charge in [-0.05, 0) is 43.7 Å². The second-order valence-corrected chi connectivity index (χ2v) is 7.67. The summed E-state index contributed by atoms with van der Waals surface area (Å²) in [6.45, 7) is 4.16. The smallest absolute Gasteiger partial charge is 0.266 e. The number of benzene rings is 2. The van der Waals surface area contributed by atoms with Crippen molar-refractivity contribution in [1.82, 2.24) is 5.06 Å². The monoisotopic (exact) mass is 384 g/mol. The minimum Gasteiger partial charge on any atom is -0.272 e. The van der Waals surface area contributed by atoms with Gasteiger partial charge in [-0.1, -0.05) is 29.8 Å². The summed E-state index contributed by atoms with van der Waals surface area (Å²) in [5.41, 5.74) is 1.25. The molecular formula is C20H17ClN2O4. The lowest BCUT2D eigenvalue weighted by molar-refractivity contribution is -0.165. The first kappa shape index (κ1) is 17.7. The molecule has 2 aromatic carbocycles. The van der Waals surface area contributed by atoms with E-state index in [1.165, 1.54) is 5.06 Å². The standard InChI is InChI=1S/C20H17ClN2O4/c1-20(2)11-27-22(19(20)26)10-12-7-8-13(9-16(12)21)23-17(24)14-5-3-4-6-15(14)18(23)25/h3-9H,10-11H2,1-2H3. The van der Waals surface area contributed by atoms with Crippen LogP contribution < -0.4 is 4.90 Å². The van der Waals surface area contributed by atoms with Gasteiger partial charge in [-0.15, -0.1) is 0 Å². The lowest BCUT2D eigenvalue weighted by atomic mass is 9.95. The van der Waals surface area contributed by atoms with E-state index in [0.717, 1.165) is 4.90 Å². The Labute approximate surface area is 161 Å². The Morgan fingerprint density at radius 2 is 1.67 bits per heavy atom. The van der Waals surface area contributed by atoms with E-state index < -0.39 is 5.41 Å². The number of carbonyl (C=O) groups excluding carboxylic acids is 3. The van der Waals surface area contributed by atoms with E-state index in [4.69, 9.17) is 16.4 Å². The molecule has 0 aromatic heterocycles. The number of fused-ring (bicyclic) bond motifs is 1. The van der Waals surface area contributed by atoms with E-state index in [1.54, 1.807) is 42.5 Å². The highest BCUT2D eigenvalue weighted by atomic mass is 35.5. The van der Waals surface area contributed by atoms with Crippen LogP contribution in [0.1, 0.15) is 40.1 Å². The number of hydroxylamine groups is 2. The highest BCUT2D eigenvalue weighted by molar-refractivity contribution is 6.35. The summed E-state index contributed by atoms with van der Waals surface area (Å²) in [6, 6.07) is 11.6. The molecule has 0 N–H and O–H groups in total. The predicted molar refractivity (Wildman–Crippen MR) is 99.3 cm³/mol. The SMILES string of the molecule is CC1(C)CON(Cc2ccc(N3C(=O)c4ccccc4C3=O)cc2Cl)C1=O. The average molecular weight is 385 g/mol. The summed E-state index contributed by atoms with van der Waals surface area (Å²) in [4.78, 5) is 44.0. The summed E-state index contributed by atoms with van der Waals surface area (Å²) >= 11 is 6.37. The van der Waals surface area contributed by atoms with Crippen LogP contribution >= 0.6 is 11.6 Å². The fourth-order valence-corrected chi connectivity index (χ4v) is 3.43. The van der Waals surface area contributed by atoms with Crippen LogP contribution in [0.5, 0.6) is 0 Å². The molecule has 2 aliphatic rings. The third kappa shape index (κ3) is 2.81. The number of anilines is 1. The zero-order chi connectivity index (χ0) is 19.3. The molecule has 0 radical (unpaired) electrons. The maximum absolute atomic E-state index is 12.6. The zero-order valence-electron chi connectivity index (χ0n) is 14.9. The molecule has 0 bridgehead atoms. The number of hydrogen-bond acceptors (Lipinski definition) is 4. The van der Waals surface area contributed by atoms with E-state index >= 15 is 0 Å². The minimum atomic E-state index is -0.563. The molecule has 1 saturated heterocycles. The largest absolute Gasteiger partial charge is 0.272 e. The van der Waals surface area contributed by atoms with Gasteiger partial charge in [0.15, 0.2) is 0 Å². The summed E-state index contributed by atoms with van der Waals surface area (Å²) in [5, 5.41) is 1.65. The van der Waals surface area contributed by atoms with Crippen molar-refractivity contribution in [2.75, 3.05) is 11.5 Å². The van der Waals surface area contributed by atoms with Crippen LogP contribution in [0.3, 0.4) is 0 Å². The molecule has 138 valence electrons. The molecular weight excluding hydrogens is 368 g/mol. The van der Waals surface area contributed by atoms with E-state index in [-0.39, 0.29) is 24.3 Å². The van der Waals surface area contributed by atoms with Crippen molar-refractivity contribution in [2.24, 2.45) is 5.41 Å². The van der Waals surface area contributed by atoms with Gasteiger partial charge >= 0.3 is 0 Å². The van der Waals surface area contributed by atoms with Crippen molar-refractivity contribution >= 4 is 35.0 Å². The average Bonchev–Trinajstić information content (AvgIpc) is 3.05. The first-order valence-corrected chi connectivity index (χ1v) is 8.88. The van der Waals surface area contributed by atoms with Crippen molar-refractivity contribution in [2.45, 2.75) is 20.4 Å². The summed E-state index contributed by atoms with van der Waals surface area (Å²) in [5.74, 6) is -0.860. The Balaban J connectivity index is 1.59.